The number of rotatable bonds is 2. The molecule has 0 saturated heterocycles. The number of ether oxygens (including phenoxy) is 1. The number of fused-ring (bicyclic) bond motifs is 1. The number of hydrogen-bond acceptors (Lipinski definition) is 4. The van der Waals surface area contributed by atoms with Crippen LogP contribution in [0.2, 0.25) is 0 Å². The molecule has 0 aromatic heterocycles. The number of carbonyl (C=O) groups is 2. The van der Waals surface area contributed by atoms with Crippen molar-refractivity contribution in [3.05, 3.63) is 41.0 Å². The molecule has 0 saturated carbocycles. The quantitative estimate of drug-likeness (QED) is 0.574. The van der Waals surface area contributed by atoms with Gasteiger partial charge in [-0.05, 0) is 11.6 Å². The summed E-state index contributed by atoms with van der Waals surface area (Å²) < 4.78 is 4.51. The molecule has 0 atom stereocenters. The molecule has 1 aliphatic heterocycles. The molecule has 4 heteroatoms. The van der Waals surface area contributed by atoms with Gasteiger partial charge in [0.15, 0.2) is 0 Å². The van der Waals surface area contributed by atoms with E-state index in [1.54, 1.807) is 30.4 Å². The molecular formula is C11H9NO3. The molecule has 1 aromatic rings. The lowest BCUT2D eigenvalue weighted by Crippen LogP contribution is -1.98. The SMILES string of the molecule is NCC=Cc1cccc2c1C(=O)OC2=O. The lowest BCUT2D eigenvalue weighted by atomic mass is 10.0. The summed E-state index contributed by atoms with van der Waals surface area (Å²) in [6.45, 7) is 0.382. The molecule has 0 aliphatic carbocycles. The topological polar surface area (TPSA) is 69.4 Å². The Kier molecular flexibility index (Phi) is 2.35. The minimum Gasteiger partial charge on any atom is -0.386 e. The lowest BCUT2D eigenvalue weighted by molar-refractivity contribution is 0.0444. The van der Waals surface area contributed by atoms with E-state index in [4.69, 9.17) is 5.73 Å². The Hall–Kier alpha value is -1.94. The molecule has 2 rings (SSSR count). The summed E-state index contributed by atoms with van der Waals surface area (Å²) in [5, 5.41) is 0. The first-order valence-corrected chi connectivity index (χ1v) is 4.50. The highest BCUT2D eigenvalue weighted by molar-refractivity contribution is 6.16. The van der Waals surface area contributed by atoms with E-state index in [9.17, 15) is 9.59 Å². The molecule has 76 valence electrons. The van der Waals surface area contributed by atoms with Crippen molar-refractivity contribution in [1.82, 2.24) is 0 Å². The maximum Gasteiger partial charge on any atom is 0.347 e. The average Bonchev–Trinajstić information content (AvgIpc) is 2.53. The molecule has 0 spiro atoms. The van der Waals surface area contributed by atoms with Crippen molar-refractivity contribution in [3.63, 3.8) is 0 Å². The van der Waals surface area contributed by atoms with Gasteiger partial charge in [0.25, 0.3) is 0 Å². The summed E-state index contributed by atoms with van der Waals surface area (Å²) in [5.41, 5.74) is 6.62. The Bertz CT molecular complexity index is 463. The average molecular weight is 203 g/mol. The summed E-state index contributed by atoms with van der Waals surface area (Å²) in [7, 11) is 0. The summed E-state index contributed by atoms with van der Waals surface area (Å²) in [4.78, 5) is 22.6. The van der Waals surface area contributed by atoms with Crippen LogP contribution in [-0.4, -0.2) is 18.5 Å². The highest BCUT2D eigenvalue weighted by Gasteiger charge is 2.30. The van der Waals surface area contributed by atoms with E-state index >= 15 is 0 Å². The van der Waals surface area contributed by atoms with Crippen molar-refractivity contribution in [2.45, 2.75) is 0 Å². The Balaban J connectivity index is 2.55. The second-order valence-corrected chi connectivity index (χ2v) is 3.08. The van der Waals surface area contributed by atoms with E-state index < -0.39 is 11.9 Å². The Morgan fingerprint density at radius 1 is 1.27 bits per heavy atom. The van der Waals surface area contributed by atoms with Gasteiger partial charge in [-0.2, -0.15) is 0 Å². The zero-order chi connectivity index (χ0) is 10.8. The van der Waals surface area contributed by atoms with Crippen LogP contribution < -0.4 is 5.73 Å². The van der Waals surface area contributed by atoms with Gasteiger partial charge in [0, 0.05) is 6.54 Å². The molecule has 0 bridgehead atoms. The Morgan fingerprint density at radius 3 is 2.80 bits per heavy atom. The van der Waals surface area contributed by atoms with Crippen LogP contribution >= 0.6 is 0 Å². The number of hydrogen-bond donors (Lipinski definition) is 1. The standard InChI is InChI=1S/C11H9NO3/c12-6-2-4-7-3-1-5-8-9(7)11(14)15-10(8)13/h1-5H,6,12H2. The van der Waals surface area contributed by atoms with Crippen LogP contribution in [-0.2, 0) is 4.74 Å². The fraction of sp³-hybridized carbons (Fsp3) is 0.0909. The van der Waals surface area contributed by atoms with Gasteiger partial charge in [-0.25, -0.2) is 9.59 Å². The summed E-state index contributed by atoms with van der Waals surface area (Å²) >= 11 is 0. The van der Waals surface area contributed by atoms with Gasteiger partial charge in [-0.1, -0.05) is 24.3 Å². The first kappa shape index (κ1) is 9.61. The number of nitrogens with two attached hydrogens (primary N) is 1. The largest absolute Gasteiger partial charge is 0.386 e. The Morgan fingerprint density at radius 2 is 2.07 bits per heavy atom. The van der Waals surface area contributed by atoms with Crippen molar-refractivity contribution in [2.24, 2.45) is 5.73 Å². The molecule has 0 unspecified atom stereocenters. The molecule has 0 radical (unpaired) electrons. The summed E-state index contributed by atoms with van der Waals surface area (Å²) in [6.07, 6.45) is 3.42. The predicted octanol–water partition coefficient (Wildman–Crippen LogP) is 0.969. The van der Waals surface area contributed by atoms with Crippen LogP contribution in [0.3, 0.4) is 0 Å². The van der Waals surface area contributed by atoms with Crippen LogP contribution in [0.4, 0.5) is 0 Å². The monoisotopic (exact) mass is 203 g/mol. The molecular weight excluding hydrogens is 194 g/mol. The van der Waals surface area contributed by atoms with Crippen LogP contribution in [0, 0.1) is 0 Å². The van der Waals surface area contributed by atoms with E-state index in [0.717, 1.165) is 0 Å². The zero-order valence-corrected chi connectivity index (χ0v) is 7.90. The van der Waals surface area contributed by atoms with Crippen LogP contribution in [0.5, 0.6) is 0 Å². The second-order valence-electron chi connectivity index (χ2n) is 3.08. The van der Waals surface area contributed by atoms with E-state index in [0.29, 0.717) is 23.2 Å². The van der Waals surface area contributed by atoms with E-state index in [-0.39, 0.29) is 0 Å². The van der Waals surface area contributed by atoms with E-state index in [2.05, 4.69) is 4.74 Å². The summed E-state index contributed by atoms with van der Waals surface area (Å²) in [5.74, 6) is -1.18. The first-order valence-electron chi connectivity index (χ1n) is 4.50. The normalized spacial score (nSPS) is 14.5. The third-order valence-electron chi connectivity index (χ3n) is 2.14. The van der Waals surface area contributed by atoms with Crippen LogP contribution in [0.25, 0.3) is 6.08 Å². The van der Waals surface area contributed by atoms with Crippen molar-refractivity contribution in [2.75, 3.05) is 6.54 Å². The van der Waals surface area contributed by atoms with Crippen LogP contribution in [0.1, 0.15) is 26.3 Å². The lowest BCUT2D eigenvalue weighted by Gasteiger charge is -1.97. The van der Waals surface area contributed by atoms with Crippen molar-refractivity contribution in [3.8, 4) is 0 Å². The fourth-order valence-corrected chi connectivity index (χ4v) is 1.49. The minimum absolute atomic E-state index is 0.319. The van der Waals surface area contributed by atoms with Gasteiger partial charge in [-0.15, -0.1) is 0 Å². The Labute approximate surface area is 86.3 Å². The third-order valence-corrected chi connectivity index (χ3v) is 2.14. The first-order chi connectivity index (χ1) is 7.24. The van der Waals surface area contributed by atoms with Gasteiger partial charge in [0.2, 0.25) is 0 Å². The molecule has 0 fully saturated rings. The fourth-order valence-electron chi connectivity index (χ4n) is 1.49. The molecule has 15 heavy (non-hydrogen) atoms. The number of esters is 2. The number of benzene rings is 1. The van der Waals surface area contributed by atoms with E-state index in [1.807, 2.05) is 0 Å². The highest BCUT2D eigenvalue weighted by Crippen LogP contribution is 2.24. The second kappa shape index (κ2) is 3.67. The van der Waals surface area contributed by atoms with Gasteiger partial charge < -0.3 is 10.5 Å². The van der Waals surface area contributed by atoms with Crippen molar-refractivity contribution < 1.29 is 14.3 Å². The smallest absolute Gasteiger partial charge is 0.347 e. The number of carbonyl (C=O) groups excluding carboxylic acids is 2. The molecule has 0 amide bonds. The maximum absolute atomic E-state index is 11.4. The zero-order valence-electron chi connectivity index (χ0n) is 7.90. The maximum atomic E-state index is 11.4. The molecule has 1 heterocycles. The summed E-state index contributed by atoms with van der Waals surface area (Å²) in [6, 6.07) is 5.02. The van der Waals surface area contributed by atoms with Gasteiger partial charge in [0.05, 0.1) is 11.1 Å². The van der Waals surface area contributed by atoms with Crippen molar-refractivity contribution in [1.29, 1.82) is 0 Å². The van der Waals surface area contributed by atoms with Crippen LogP contribution in [0.15, 0.2) is 24.3 Å². The van der Waals surface area contributed by atoms with E-state index in [1.165, 1.54) is 0 Å². The highest BCUT2D eigenvalue weighted by atomic mass is 16.6. The molecule has 1 aliphatic rings. The molecule has 2 N–H and O–H groups in total. The molecule has 1 aromatic carbocycles. The third kappa shape index (κ3) is 1.55. The molecule has 4 nitrogen and oxygen atoms in total. The van der Waals surface area contributed by atoms with Gasteiger partial charge in [-0.3, -0.25) is 0 Å². The predicted molar refractivity (Wildman–Crippen MR) is 54.3 cm³/mol. The van der Waals surface area contributed by atoms with Gasteiger partial charge >= 0.3 is 11.9 Å². The van der Waals surface area contributed by atoms with Gasteiger partial charge in [0.1, 0.15) is 0 Å². The number of cyclic esters (lactones) is 2. The van der Waals surface area contributed by atoms with Crippen molar-refractivity contribution >= 4 is 18.0 Å². The minimum atomic E-state index is -0.590.